The molecule has 3 heterocycles. The van der Waals surface area contributed by atoms with Crippen molar-refractivity contribution in [2.45, 2.75) is 25.3 Å². The van der Waals surface area contributed by atoms with E-state index in [1.165, 1.54) is 11.3 Å². The maximum absolute atomic E-state index is 15.2. The number of halogens is 4. The van der Waals surface area contributed by atoms with Crippen molar-refractivity contribution in [2.75, 3.05) is 7.05 Å². The largest absolute Gasteiger partial charge is 0.477 e. The van der Waals surface area contributed by atoms with Gasteiger partial charge in [0.25, 0.3) is 0 Å². The molecule has 6 nitrogen and oxygen atoms in total. The van der Waals surface area contributed by atoms with Crippen molar-refractivity contribution in [1.29, 1.82) is 0 Å². The van der Waals surface area contributed by atoms with Crippen LogP contribution in [0.15, 0.2) is 41.3 Å². The summed E-state index contributed by atoms with van der Waals surface area (Å²) in [6, 6.07) is 5.67. The van der Waals surface area contributed by atoms with E-state index in [2.05, 4.69) is 10.3 Å². The van der Waals surface area contributed by atoms with E-state index in [1.807, 2.05) is 13.1 Å². The number of aryl methyl sites for hydroxylation is 1. The van der Waals surface area contributed by atoms with Gasteiger partial charge in [-0.05, 0) is 56.1 Å². The first kappa shape index (κ1) is 24.9. The van der Waals surface area contributed by atoms with Crippen LogP contribution in [0.25, 0.3) is 27.3 Å². The summed E-state index contributed by atoms with van der Waals surface area (Å²) in [6.07, 6.45) is 3.73. The molecule has 11 heteroatoms. The van der Waals surface area contributed by atoms with Crippen molar-refractivity contribution in [2.24, 2.45) is 0 Å². The second kappa shape index (κ2) is 9.44. The van der Waals surface area contributed by atoms with E-state index in [4.69, 9.17) is 0 Å². The molecular formula is C24H19ClF3N3O3S. The number of carboxylic acids is 1. The predicted octanol–water partition coefficient (Wildman–Crippen LogP) is 5.25. The maximum atomic E-state index is 15.2. The predicted molar refractivity (Wildman–Crippen MR) is 129 cm³/mol. The number of benzene rings is 1. The summed E-state index contributed by atoms with van der Waals surface area (Å²) in [7, 11) is 1.86. The quantitative estimate of drug-likeness (QED) is 0.383. The van der Waals surface area contributed by atoms with Gasteiger partial charge in [0, 0.05) is 23.2 Å². The number of carboxylic acid groups (broad SMARTS) is 1. The Morgan fingerprint density at radius 1 is 1.20 bits per heavy atom. The molecule has 0 fully saturated rings. The van der Waals surface area contributed by atoms with Crippen molar-refractivity contribution < 1.29 is 23.1 Å². The normalized spacial score (nSPS) is 15.0. The third kappa shape index (κ3) is 4.22. The van der Waals surface area contributed by atoms with Gasteiger partial charge in [0.1, 0.15) is 28.5 Å². The number of hydrogen-bond donors (Lipinski definition) is 2. The molecular weight excluding hydrogens is 503 g/mol. The molecule has 1 aliphatic rings. The Morgan fingerprint density at radius 3 is 2.66 bits per heavy atom. The number of aromatic nitrogens is 2. The fourth-order valence-corrected chi connectivity index (χ4v) is 5.64. The number of carbonyl (C=O) groups is 1. The highest BCUT2D eigenvalue weighted by Crippen LogP contribution is 2.40. The average Bonchev–Trinajstić information content (AvgIpc) is 3.24. The Bertz CT molecular complexity index is 1540. The highest BCUT2D eigenvalue weighted by molar-refractivity contribution is 7.15. The number of rotatable bonds is 4. The lowest BCUT2D eigenvalue weighted by Gasteiger charge is -2.21. The Hall–Kier alpha value is -3.21. The van der Waals surface area contributed by atoms with Crippen LogP contribution in [-0.4, -0.2) is 27.7 Å². The first-order valence-electron chi connectivity index (χ1n) is 10.5. The molecule has 0 bridgehead atoms. The highest BCUT2D eigenvalue weighted by atomic mass is 35.5. The van der Waals surface area contributed by atoms with E-state index >= 15 is 4.39 Å². The van der Waals surface area contributed by atoms with E-state index in [-0.39, 0.29) is 40.9 Å². The van der Waals surface area contributed by atoms with Gasteiger partial charge >= 0.3 is 5.97 Å². The Labute approximate surface area is 207 Å². The lowest BCUT2D eigenvalue weighted by Crippen LogP contribution is -2.20. The van der Waals surface area contributed by atoms with Crippen molar-refractivity contribution in [1.82, 2.24) is 14.9 Å². The number of thiophene rings is 1. The van der Waals surface area contributed by atoms with Crippen molar-refractivity contribution in [3.63, 3.8) is 0 Å². The Kier molecular flexibility index (Phi) is 6.72. The first-order chi connectivity index (χ1) is 16.3. The van der Waals surface area contributed by atoms with Gasteiger partial charge in [-0.15, -0.1) is 23.7 Å². The van der Waals surface area contributed by atoms with Gasteiger partial charge in [0.05, 0.1) is 16.0 Å². The van der Waals surface area contributed by atoms with Crippen molar-refractivity contribution in [3.05, 3.63) is 80.2 Å². The standard InChI is InChI=1S/C24H18F3N3O3S.ClH/c1-28-17-3-2-4-19-12(17)9-20(34-19)21-16(27)8-13-22(31)14(24(32)33)10-30(23(13)29-21)18-6-5-11(25)7-15(18)26;/h5-10,17,28H,2-4H2,1H3,(H,32,33);1H. The van der Waals surface area contributed by atoms with E-state index in [9.17, 15) is 23.5 Å². The molecule has 1 unspecified atom stereocenters. The molecule has 0 saturated carbocycles. The monoisotopic (exact) mass is 521 g/mol. The number of hydrogen-bond acceptors (Lipinski definition) is 5. The summed E-state index contributed by atoms with van der Waals surface area (Å²) in [5.41, 5.74) is -0.944. The van der Waals surface area contributed by atoms with Gasteiger partial charge < -0.3 is 10.4 Å². The number of nitrogens with zero attached hydrogens (tertiary/aromatic N) is 2. The molecule has 5 rings (SSSR count). The lowest BCUT2D eigenvalue weighted by molar-refractivity contribution is 0.0695. The lowest BCUT2D eigenvalue weighted by atomic mass is 9.94. The van der Waals surface area contributed by atoms with Gasteiger partial charge in [-0.1, -0.05) is 0 Å². The van der Waals surface area contributed by atoms with Gasteiger partial charge in [-0.25, -0.2) is 22.9 Å². The minimum absolute atomic E-state index is 0. The fourth-order valence-electron chi connectivity index (χ4n) is 4.38. The summed E-state index contributed by atoms with van der Waals surface area (Å²) in [5, 5.41) is 12.4. The third-order valence-corrected chi connectivity index (χ3v) is 7.24. The molecule has 0 spiro atoms. The molecule has 2 N–H and O–H groups in total. The number of fused-ring (bicyclic) bond motifs is 2. The summed E-state index contributed by atoms with van der Waals surface area (Å²) in [5.74, 6) is -4.17. The highest BCUT2D eigenvalue weighted by Gasteiger charge is 2.25. The van der Waals surface area contributed by atoms with Crippen LogP contribution in [0.3, 0.4) is 0 Å². The van der Waals surface area contributed by atoms with Crippen molar-refractivity contribution in [3.8, 4) is 16.3 Å². The third-order valence-electron chi connectivity index (χ3n) is 6.03. The van der Waals surface area contributed by atoms with E-state index in [1.54, 1.807) is 0 Å². The van der Waals surface area contributed by atoms with Gasteiger partial charge in [0.15, 0.2) is 5.82 Å². The van der Waals surface area contributed by atoms with E-state index < -0.39 is 34.4 Å². The Morgan fingerprint density at radius 2 is 1.97 bits per heavy atom. The molecule has 1 aromatic carbocycles. The van der Waals surface area contributed by atoms with Crippen LogP contribution in [0.5, 0.6) is 0 Å². The molecule has 0 radical (unpaired) electrons. The maximum Gasteiger partial charge on any atom is 0.341 e. The van der Waals surface area contributed by atoms with E-state index in [0.29, 0.717) is 10.9 Å². The van der Waals surface area contributed by atoms with E-state index in [0.717, 1.165) is 58.7 Å². The zero-order valence-electron chi connectivity index (χ0n) is 18.3. The summed E-state index contributed by atoms with van der Waals surface area (Å²) < 4.78 is 44.4. The number of pyridine rings is 2. The zero-order valence-corrected chi connectivity index (χ0v) is 19.9. The molecule has 0 saturated heterocycles. The van der Waals surface area contributed by atoms with Gasteiger partial charge in [-0.2, -0.15) is 0 Å². The molecule has 0 amide bonds. The van der Waals surface area contributed by atoms with Gasteiger partial charge in [-0.3, -0.25) is 9.36 Å². The van der Waals surface area contributed by atoms with Crippen LogP contribution < -0.4 is 10.7 Å². The van der Waals surface area contributed by atoms with Crippen LogP contribution in [0.1, 0.15) is 39.7 Å². The molecule has 4 aromatic rings. The van der Waals surface area contributed by atoms with Crippen LogP contribution in [0, 0.1) is 17.5 Å². The summed E-state index contributed by atoms with van der Waals surface area (Å²) in [6.45, 7) is 0. The number of aromatic carboxylic acids is 1. The van der Waals surface area contributed by atoms with Crippen molar-refractivity contribution >= 4 is 40.7 Å². The summed E-state index contributed by atoms with van der Waals surface area (Å²) in [4.78, 5) is 30.5. The minimum atomic E-state index is -1.56. The second-order valence-electron chi connectivity index (χ2n) is 8.06. The topological polar surface area (TPSA) is 84.2 Å². The van der Waals surface area contributed by atoms with Crippen LogP contribution >= 0.6 is 23.7 Å². The molecule has 1 aliphatic carbocycles. The average molecular weight is 522 g/mol. The molecule has 0 aliphatic heterocycles. The fraction of sp³-hybridized carbons (Fsp3) is 0.208. The van der Waals surface area contributed by atoms with Crippen LogP contribution in [-0.2, 0) is 6.42 Å². The Balaban J connectivity index is 0.00000289. The smallest absolute Gasteiger partial charge is 0.341 e. The summed E-state index contributed by atoms with van der Waals surface area (Å²) >= 11 is 1.40. The molecule has 182 valence electrons. The van der Waals surface area contributed by atoms with Crippen LogP contribution in [0.2, 0.25) is 0 Å². The minimum Gasteiger partial charge on any atom is -0.477 e. The second-order valence-corrected chi connectivity index (χ2v) is 9.19. The number of nitrogens with one attached hydrogen (secondary N) is 1. The van der Waals surface area contributed by atoms with Gasteiger partial charge in [0.2, 0.25) is 5.43 Å². The zero-order chi connectivity index (χ0) is 24.1. The molecule has 3 aromatic heterocycles. The molecule has 1 atom stereocenters. The molecule has 35 heavy (non-hydrogen) atoms. The first-order valence-corrected chi connectivity index (χ1v) is 11.3. The SMILES string of the molecule is CNC1CCCc2sc(-c3nc4c(cc3F)c(=O)c(C(=O)O)cn4-c3ccc(F)cc3F)cc21.Cl. The van der Waals surface area contributed by atoms with Crippen LogP contribution in [0.4, 0.5) is 13.2 Å².